The molecule has 1 saturated heterocycles. The molecule has 0 bridgehead atoms. The predicted molar refractivity (Wildman–Crippen MR) is 72.1 cm³/mol. The first-order chi connectivity index (χ1) is 9.15. The maximum atomic E-state index is 12.0. The molecule has 2 rings (SSSR count). The van der Waals surface area contributed by atoms with Gasteiger partial charge in [0.2, 0.25) is 0 Å². The second-order valence-corrected chi connectivity index (χ2v) is 4.87. The third kappa shape index (κ3) is 4.09. The second kappa shape index (κ2) is 6.36. The average Bonchev–Trinajstić information content (AvgIpc) is 2.63. The summed E-state index contributed by atoms with van der Waals surface area (Å²) < 4.78 is 5.47. The lowest BCUT2D eigenvalue weighted by atomic mass is 10.2. The number of aryl methyl sites for hydroxylation is 1. The zero-order chi connectivity index (χ0) is 13.7. The van der Waals surface area contributed by atoms with Crippen molar-refractivity contribution in [2.45, 2.75) is 26.2 Å². The molecule has 1 aromatic rings. The van der Waals surface area contributed by atoms with Gasteiger partial charge in [-0.15, -0.1) is 0 Å². The maximum absolute atomic E-state index is 12.0. The van der Waals surface area contributed by atoms with Crippen molar-refractivity contribution in [3.05, 3.63) is 29.8 Å². The van der Waals surface area contributed by atoms with E-state index in [1.165, 1.54) is 0 Å². The van der Waals surface area contributed by atoms with Gasteiger partial charge in [-0.25, -0.2) is 0 Å². The van der Waals surface area contributed by atoms with Crippen LogP contribution in [0.25, 0.3) is 0 Å². The van der Waals surface area contributed by atoms with Crippen LogP contribution in [0.15, 0.2) is 24.3 Å². The number of carbonyl (C=O) groups is 2. The first-order valence-corrected chi connectivity index (χ1v) is 6.64. The van der Waals surface area contributed by atoms with E-state index in [1.807, 2.05) is 31.2 Å². The number of Topliss-reactive ketones (excluding diaryl/α,β-unsaturated/α-hetero) is 1. The van der Waals surface area contributed by atoms with Crippen LogP contribution in [0, 0.1) is 6.92 Å². The molecule has 102 valence electrons. The molecule has 0 aromatic heterocycles. The number of hydrogen-bond donors (Lipinski definition) is 0. The quantitative estimate of drug-likeness (QED) is 0.835. The fourth-order valence-electron chi connectivity index (χ4n) is 2.08. The molecule has 0 atom stereocenters. The summed E-state index contributed by atoms with van der Waals surface area (Å²) in [6, 6.07) is 7.61. The SMILES string of the molecule is Cc1ccc(OCC(=O)N2CCCC(=O)CC2)cc1. The van der Waals surface area contributed by atoms with Crippen LogP contribution in [-0.2, 0) is 9.59 Å². The monoisotopic (exact) mass is 261 g/mol. The summed E-state index contributed by atoms with van der Waals surface area (Å²) >= 11 is 0. The standard InChI is InChI=1S/C15H19NO3/c1-12-4-6-14(7-5-12)19-11-15(18)16-9-2-3-13(17)8-10-16/h4-7H,2-3,8-11H2,1H3. The zero-order valence-corrected chi connectivity index (χ0v) is 11.2. The van der Waals surface area contributed by atoms with Gasteiger partial charge in [-0.05, 0) is 25.5 Å². The number of nitrogens with zero attached hydrogens (tertiary/aromatic N) is 1. The van der Waals surface area contributed by atoms with Crippen molar-refractivity contribution < 1.29 is 14.3 Å². The molecule has 0 aliphatic carbocycles. The van der Waals surface area contributed by atoms with Crippen molar-refractivity contribution in [2.75, 3.05) is 19.7 Å². The second-order valence-electron chi connectivity index (χ2n) is 4.87. The molecule has 4 heteroatoms. The molecule has 1 heterocycles. The van der Waals surface area contributed by atoms with Gasteiger partial charge in [0.05, 0.1) is 0 Å². The van der Waals surface area contributed by atoms with E-state index in [-0.39, 0.29) is 18.3 Å². The summed E-state index contributed by atoms with van der Waals surface area (Å²) in [5.41, 5.74) is 1.16. The van der Waals surface area contributed by atoms with Gasteiger partial charge < -0.3 is 9.64 Å². The Balaban J connectivity index is 1.83. The number of ketones is 1. The highest BCUT2D eigenvalue weighted by Gasteiger charge is 2.18. The van der Waals surface area contributed by atoms with Crippen molar-refractivity contribution in [3.8, 4) is 5.75 Å². The van der Waals surface area contributed by atoms with Crippen LogP contribution < -0.4 is 4.74 Å². The molecule has 1 aliphatic rings. The average molecular weight is 261 g/mol. The van der Waals surface area contributed by atoms with Crippen LogP contribution >= 0.6 is 0 Å². The number of amides is 1. The Bertz CT molecular complexity index is 453. The van der Waals surface area contributed by atoms with Gasteiger partial charge in [-0.3, -0.25) is 9.59 Å². The smallest absolute Gasteiger partial charge is 0.260 e. The highest BCUT2D eigenvalue weighted by atomic mass is 16.5. The summed E-state index contributed by atoms with van der Waals surface area (Å²) in [4.78, 5) is 25.0. The van der Waals surface area contributed by atoms with E-state index in [4.69, 9.17) is 4.74 Å². The molecule has 1 fully saturated rings. The van der Waals surface area contributed by atoms with Crippen LogP contribution in [0.2, 0.25) is 0 Å². The number of ether oxygens (including phenoxy) is 1. The van der Waals surface area contributed by atoms with Crippen LogP contribution in [0.3, 0.4) is 0 Å². The van der Waals surface area contributed by atoms with E-state index in [1.54, 1.807) is 4.90 Å². The topological polar surface area (TPSA) is 46.6 Å². The Hall–Kier alpha value is -1.84. The fraction of sp³-hybridized carbons (Fsp3) is 0.467. The Morgan fingerprint density at radius 1 is 1.21 bits per heavy atom. The largest absolute Gasteiger partial charge is 0.484 e. The number of hydrogen-bond acceptors (Lipinski definition) is 3. The van der Waals surface area contributed by atoms with Crippen molar-refractivity contribution in [3.63, 3.8) is 0 Å². The van der Waals surface area contributed by atoms with E-state index in [2.05, 4.69) is 0 Å². The minimum absolute atomic E-state index is 0.0389. The van der Waals surface area contributed by atoms with Gasteiger partial charge in [0.1, 0.15) is 11.5 Å². The summed E-state index contributed by atoms with van der Waals surface area (Å²) in [6.07, 6.45) is 1.81. The third-order valence-electron chi connectivity index (χ3n) is 3.28. The lowest BCUT2D eigenvalue weighted by Crippen LogP contribution is -2.35. The van der Waals surface area contributed by atoms with Crippen LogP contribution in [-0.4, -0.2) is 36.3 Å². The van der Waals surface area contributed by atoms with Crippen molar-refractivity contribution in [1.29, 1.82) is 0 Å². The highest BCUT2D eigenvalue weighted by molar-refractivity contribution is 5.82. The molecular formula is C15H19NO3. The van der Waals surface area contributed by atoms with Crippen LogP contribution in [0.1, 0.15) is 24.8 Å². The Labute approximate surface area is 113 Å². The van der Waals surface area contributed by atoms with Crippen molar-refractivity contribution in [1.82, 2.24) is 4.90 Å². The Morgan fingerprint density at radius 3 is 2.68 bits per heavy atom. The van der Waals surface area contributed by atoms with Crippen molar-refractivity contribution in [2.24, 2.45) is 0 Å². The zero-order valence-electron chi connectivity index (χ0n) is 11.2. The van der Waals surface area contributed by atoms with Crippen LogP contribution in [0.4, 0.5) is 0 Å². The fourth-order valence-corrected chi connectivity index (χ4v) is 2.08. The van der Waals surface area contributed by atoms with Gasteiger partial charge in [-0.2, -0.15) is 0 Å². The Kier molecular flexibility index (Phi) is 4.55. The van der Waals surface area contributed by atoms with Gasteiger partial charge in [0, 0.05) is 25.9 Å². The van der Waals surface area contributed by atoms with Crippen LogP contribution in [0.5, 0.6) is 5.75 Å². The van der Waals surface area contributed by atoms with E-state index in [0.29, 0.717) is 31.7 Å². The maximum Gasteiger partial charge on any atom is 0.260 e. The Morgan fingerprint density at radius 2 is 1.95 bits per heavy atom. The molecule has 1 aromatic carbocycles. The molecule has 0 unspecified atom stereocenters. The molecule has 1 amide bonds. The van der Waals surface area contributed by atoms with E-state index < -0.39 is 0 Å². The van der Waals surface area contributed by atoms with Gasteiger partial charge in [0.15, 0.2) is 6.61 Å². The highest BCUT2D eigenvalue weighted by Crippen LogP contribution is 2.12. The summed E-state index contributed by atoms with van der Waals surface area (Å²) in [5.74, 6) is 0.898. The van der Waals surface area contributed by atoms with E-state index in [9.17, 15) is 9.59 Å². The minimum atomic E-state index is -0.0460. The summed E-state index contributed by atoms with van der Waals surface area (Å²) in [5, 5.41) is 0. The lowest BCUT2D eigenvalue weighted by Gasteiger charge is -2.19. The number of benzene rings is 1. The van der Waals surface area contributed by atoms with Crippen molar-refractivity contribution >= 4 is 11.7 Å². The third-order valence-corrected chi connectivity index (χ3v) is 3.28. The molecule has 0 saturated carbocycles. The first kappa shape index (κ1) is 13.6. The molecule has 0 radical (unpaired) electrons. The van der Waals surface area contributed by atoms with Gasteiger partial charge in [-0.1, -0.05) is 17.7 Å². The predicted octanol–water partition coefficient (Wildman–Crippen LogP) is 1.96. The normalized spacial score (nSPS) is 16.1. The van der Waals surface area contributed by atoms with E-state index in [0.717, 1.165) is 12.0 Å². The van der Waals surface area contributed by atoms with E-state index >= 15 is 0 Å². The van der Waals surface area contributed by atoms with Gasteiger partial charge >= 0.3 is 0 Å². The molecule has 0 spiro atoms. The molecule has 0 N–H and O–H groups in total. The first-order valence-electron chi connectivity index (χ1n) is 6.64. The molecule has 4 nitrogen and oxygen atoms in total. The minimum Gasteiger partial charge on any atom is -0.484 e. The molecule has 1 aliphatic heterocycles. The summed E-state index contributed by atoms with van der Waals surface area (Å²) in [7, 11) is 0. The number of carbonyl (C=O) groups excluding carboxylic acids is 2. The summed E-state index contributed by atoms with van der Waals surface area (Å²) in [6.45, 7) is 3.22. The number of likely N-dealkylation sites (tertiary alicyclic amines) is 1. The molecular weight excluding hydrogens is 242 g/mol. The molecule has 19 heavy (non-hydrogen) atoms. The number of rotatable bonds is 3. The van der Waals surface area contributed by atoms with Gasteiger partial charge in [0.25, 0.3) is 5.91 Å². The lowest BCUT2D eigenvalue weighted by molar-refractivity contribution is -0.133.